The second kappa shape index (κ2) is 5.67. The standard InChI is InChI=1S/C16H14NOS/c1-3-7-14(8-4-1)11-17-13-19-12-16(17)18-15-9-5-2-6-10-15/h1-10,12-13H,11H2/q+1. The van der Waals surface area contributed by atoms with Gasteiger partial charge in [-0.3, -0.25) is 0 Å². The van der Waals surface area contributed by atoms with E-state index in [1.165, 1.54) is 5.56 Å². The van der Waals surface area contributed by atoms with E-state index < -0.39 is 0 Å². The molecule has 3 rings (SSSR count). The minimum atomic E-state index is 0.826. The SMILES string of the molecule is c1ccc(C[n+]2cscc2Oc2ccccc2)cc1. The lowest BCUT2D eigenvalue weighted by Crippen LogP contribution is -2.32. The van der Waals surface area contributed by atoms with Gasteiger partial charge < -0.3 is 4.74 Å². The maximum Gasteiger partial charge on any atom is 0.384 e. The highest BCUT2D eigenvalue weighted by molar-refractivity contribution is 7.07. The van der Waals surface area contributed by atoms with Gasteiger partial charge in [0.2, 0.25) is 5.51 Å². The van der Waals surface area contributed by atoms with Gasteiger partial charge in [-0.1, -0.05) is 59.9 Å². The van der Waals surface area contributed by atoms with Crippen LogP contribution in [-0.2, 0) is 6.54 Å². The Morgan fingerprint density at radius 1 is 0.895 bits per heavy atom. The molecule has 0 saturated heterocycles. The zero-order chi connectivity index (χ0) is 12.9. The molecule has 0 amide bonds. The molecule has 0 N–H and O–H groups in total. The van der Waals surface area contributed by atoms with E-state index in [0.29, 0.717) is 0 Å². The van der Waals surface area contributed by atoms with E-state index in [4.69, 9.17) is 4.74 Å². The molecule has 0 spiro atoms. The van der Waals surface area contributed by atoms with Crippen LogP contribution in [0.15, 0.2) is 71.6 Å². The molecule has 0 aliphatic carbocycles. The Bertz CT molecular complexity index is 578. The summed E-state index contributed by atoms with van der Waals surface area (Å²) in [5, 5.41) is 2.02. The first-order valence-electron chi connectivity index (χ1n) is 6.14. The van der Waals surface area contributed by atoms with E-state index in [1.54, 1.807) is 11.3 Å². The average Bonchev–Trinajstić information content (AvgIpc) is 2.88. The van der Waals surface area contributed by atoms with Crippen LogP contribution >= 0.6 is 11.3 Å². The Labute approximate surface area is 116 Å². The van der Waals surface area contributed by atoms with E-state index in [0.717, 1.165) is 18.2 Å². The van der Waals surface area contributed by atoms with E-state index >= 15 is 0 Å². The third kappa shape index (κ3) is 3.01. The third-order valence-electron chi connectivity index (χ3n) is 2.80. The fraction of sp³-hybridized carbons (Fsp3) is 0.0625. The number of nitrogens with zero attached hydrogens (tertiary/aromatic N) is 1. The molecule has 3 heteroatoms. The molecule has 19 heavy (non-hydrogen) atoms. The first kappa shape index (κ1) is 11.9. The molecule has 0 bridgehead atoms. The van der Waals surface area contributed by atoms with Crippen LogP contribution in [0.3, 0.4) is 0 Å². The third-order valence-corrected chi connectivity index (χ3v) is 3.52. The molecule has 0 saturated carbocycles. The van der Waals surface area contributed by atoms with Crippen molar-refractivity contribution in [2.75, 3.05) is 0 Å². The van der Waals surface area contributed by atoms with Crippen LogP contribution in [-0.4, -0.2) is 0 Å². The van der Waals surface area contributed by atoms with Crippen molar-refractivity contribution < 1.29 is 9.30 Å². The van der Waals surface area contributed by atoms with Crippen LogP contribution < -0.4 is 9.30 Å². The van der Waals surface area contributed by atoms with Crippen molar-refractivity contribution >= 4 is 11.3 Å². The van der Waals surface area contributed by atoms with Gasteiger partial charge in [-0.15, -0.1) is 0 Å². The molecule has 0 unspecified atom stereocenters. The van der Waals surface area contributed by atoms with E-state index in [2.05, 4.69) is 34.3 Å². The Kier molecular flexibility index (Phi) is 3.56. The first-order valence-corrected chi connectivity index (χ1v) is 7.08. The maximum atomic E-state index is 5.90. The maximum absolute atomic E-state index is 5.90. The summed E-state index contributed by atoms with van der Waals surface area (Å²) in [7, 11) is 0. The Morgan fingerprint density at radius 3 is 2.32 bits per heavy atom. The molecule has 2 nitrogen and oxygen atoms in total. The fourth-order valence-electron chi connectivity index (χ4n) is 1.87. The lowest BCUT2D eigenvalue weighted by molar-refractivity contribution is -0.687. The van der Waals surface area contributed by atoms with Crippen LogP contribution in [0.2, 0.25) is 0 Å². The number of thiazole rings is 1. The van der Waals surface area contributed by atoms with Crippen molar-refractivity contribution in [3.63, 3.8) is 0 Å². The van der Waals surface area contributed by atoms with E-state index in [-0.39, 0.29) is 0 Å². The van der Waals surface area contributed by atoms with Gasteiger partial charge in [-0.05, 0) is 12.1 Å². The van der Waals surface area contributed by atoms with Gasteiger partial charge in [0, 0.05) is 5.56 Å². The van der Waals surface area contributed by atoms with Gasteiger partial charge in [0.1, 0.15) is 11.1 Å². The molecule has 0 aliphatic rings. The van der Waals surface area contributed by atoms with E-state index in [9.17, 15) is 0 Å². The lowest BCUT2D eigenvalue weighted by atomic mass is 10.2. The normalized spacial score (nSPS) is 10.3. The summed E-state index contributed by atoms with van der Waals surface area (Å²) in [4.78, 5) is 0. The number of hydrogen-bond donors (Lipinski definition) is 0. The fourth-order valence-corrected chi connectivity index (χ4v) is 2.56. The number of aromatic nitrogens is 1. The highest BCUT2D eigenvalue weighted by Crippen LogP contribution is 2.19. The van der Waals surface area contributed by atoms with Crippen LogP contribution in [0.4, 0.5) is 0 Å². The van der Waals surface area contributed by atoms with Crippen LogP contribution in [0, 0.1) is 0 Å². The van der Waals surface area contributed by atoms with E-state index in [1.807, 2.05) is 41.8 Å². The summed E-state index contributed by atoms with van der Waals surface area (Å²) in [5.41, 5.74) is 3.34. The largest absolute Gasteiger partial charge is 0.405 e. The smallest absolute Gasteiger partial charge is 0.384 e. The minimum absolute atomic E-state index is 0.826. The zero-order valence-corrected chi connectivity index (χ0v) is 11.2. The van der Waals surface area contributed by atoms with Gasteiger partial charge in [-0.2, -0.15) is 4.57 Å². The summed E-state index contributed by atoms with van der Waals surface area (Å²) < 4.78 is 8.01. The Hall–Kier alpha value is -2.13. The van der Waals surface area contributed by atoms with Crippen molar-refractivity contribution in [1.82, 2.24) is 0 Å². The summed E-state index contributed by atoms with van der Waals surface area (Å²) >= 11 is 1.64. The van der Waals surface area contributed by atoms with Crippen LogP contribution in [0.1, 0.15) is 5.56 Å². The van der Waals surface area contributed by atoms with Crippen molar-refractivity contribution in [1.29, 1.82) is 0 Å². The second-order valence-corrected chi connectivity index (χ2v) is 4.94. The molecule has 1 aromatic heterocycles. The number of benzene rings is 2. The first-order chi connectivity index (χ1) is 9.42. The second-order valence-electron chi connectivity index (χ2n) is 4.23. The molecule has 1 heterocycles. The summed E-state index contributed by atoms with van der Waals surface area (Å²) in [6.45, 7) is 0.826. The van der Waals surface area contributed by atoms with Crippen LogP contribution in [0.5, 0.6) is 11.6 Å². The molecule has 0 fully saturated rings. The number of ether oxygens (including phenoxy) is 1. The topological polar surface area (TPSA) is 13.1 Å². The molecular formula is C16H14NOS+. The highest BCUT2D eigenvalue weighted by atomic mass is 32.1. The van der Waals surface area contributed by atoms with Gasteiger partial charge >= 0.3 is 5.88 Å². The summed E-state index contributed by atoms with van der Waals surface area (Å²) in [6.07, 6.45) is 0. The summed E-state index contributed by atoms with van der Waals surface area (Å²) in [6, 6.07) is 20.2. The number of hydrogen-bond acceptors (Lipinski definition) is 2. The number of para-hydroxylation sites is 1. The van der Waals surface area contributed by atoms with Gasteiger partial charge in [0.25, 0.3) is 0 Å². The molecule has 3 aromatic rings. The molecule has 0 aliphatic heterocycles. The van der Waals surface area contributed by atoms with Gasteiger partial charge in [0.05, 0.1) is 0 Å². The van der Waals surface area contributed by atoms with Crippen molar-refractivity contribution in [3.05, 3.63) is 77.1 Å². The van der Waals surface area contributed by atoms with Crippen molar-refractivity contribution in [2.24, 2.45) is 0 Å². The Morgan fingerprint density at radius 2 is 1.58 bits per heavy atom. The molecule has 94 valence electrons. The Balaban J connectivity index is 1.79. The molecule has 2 aromatic carbocycles. The highest BCUT2D eigenvalue weighted by Gasteiger charge is 2.14. The predicted molar refractivity (Wildman–Crippen MR) is 76.6 cm³/mol. The van der Waals surface area contributed by atoms with Gasteiger partial charge in [-0.25, -0.2) is 0 Å². The molecule has 0 radical (unpaired) electrons. The average molecular weight is 268 g/mol. The predicted octanol–water partition coefficient (Wildman–Crippen LogP) is 3.88. The van der Waals surface area contributed by atoms with Crippen molar-refractivity contribution in [2.45, 2.75) is 6.54 Å². The van der Waals surface area contributed by atoms with Crippen molar-refractivity contribution in [3.8, 4) is 11.6 Å². The minimum Gasteiger partial charge on any atom is -0.405 e. The quantitative estimate of drug-likeness (QED) is 0.655. The lowest BCUT2D eigenvalue weighted by Gasteiger charge is -2.01. The summed E-state index contributed by atoms with van der Waals surface area (Å²) in [5.74, 6) is 1.74. The monoisotopic (exact) mass is 268 g/mol. The molecule has 0 atom stereocenters. The van der Waals surface area contributed by atoms with Gasteiger partial charge in [0.15, 0.2) is 6.54 Å². The molecular weight excluding hydrogens is 254 g/mol. The van der Waals surface area contributed by atoms with Crippen LogP contribution in [0.25, 0.3) is 0 Å². The number of rotatable bonds is 4. The zero-order valence-electron chi connectivity index (χ0n) is 10.4.